The zero-order valence-electron chi connectivity index (χ0n) is 8.47. The molecule has 1 heterocycles. The quantitative estimate of drug-likeness (QED) is 0.825. The first-order chi connectivity index (χ1) is 6.65. The minimum atomic E-state index is -0.424. The fourth-order valence-corrected chi connectivity index (χ4v) is 1.64. The van der Waals surface area contributed by atoms with Crippen molar-refractivity contribution in [1.82, 2.24) is 14.8 Å². The molecule has 0 aliphatic rings. The van der Waals surface area contributed by atoms with Crippen LogP contribution in [-0.2, 0) is 0 Å². The lowest BCUT2D eigenvalue weighted by molar-refractivity contribution is 0.120. The van der Waals surface area contributed by atoms with Crippen molar-refractivity contribution in [1.29, 1.82) is 0 Å². The van der Waals surface area contributed by atoms with E-state index in [0.29, 0.717) is 5.92 Å². The molecule has 4 nitrogen and oxygen atoms in total. The van der Waals surface area contributed by atoms with Crippen LogP contribution in [-0.4, -0.2) is 26.0 Å². The van der Waals surface area contributed by atoms with Crippen molar-refractivity contribution < 1.29 is 5.11 Å². The minimum Gasteiger partial charge on any atom is -0.390 e. The van der Waals surface area contributed by atoms with E-state index in [1.165, 1.54) is 6.33 Å². The van der Waals surface area contributed by atoms with Gasteiger partial charge in [0.25, 0.3) is 0 Å². The molecule has 0 amide bonds. The van der Waals surface area contributed by atoms with Crippen LogP contribution in [0.1, 0.15) is 31.6 Å². The van der Waals surface area contributed by atoms with Crippen LogP contribution < -0.4 is 0 Å². The van der Waals surface area contributed by atoms with Gasteiger partial charge < -0.3 is 5.11 Å². The number of halogens is 1. The maximum Gasteiger partial charge on any atom is 0.137 e. The summed E-state index contributed by atoms with van der Waals surface area (Å²) in [6.45, 7) is 4.25. The van der Waals surface area contributed by atoms with Gasteiger partial charge in [0.05, 0.1) is 6.10 Å². The number of rotatable bonds is 5. The van der Waals surface area contributed by atoms with E-state index < -0.39 is 6.10 Å². The van der Waals surface area contributed by atoms with E-state index in [1.54, 1.807) is 11.0 Å². The van der Waals surface area contributed by atoms with Crippen LogP contribution in [0.4, 0.5) is 0 Å². The summed E-state index contributed by atoms with van der Waals surface area (Å²) >= 11 is 3.40. The molecule has 5 heteroatoms. The number of hydrogen-bond donors (Lipinski definition) is 1. The number of alkyl halides is 1. The molecule has 0 saturated carbocycles. The van der Waals surface area contributed by atoms with Gasteiger partial charge in [-0.2, -0.15) is 5.10 Å². The van der Waals surface area contributed by atoms with Crippen LogP contribution >= 0.6 is 15.9 Å². The van der Waals surface area contributed by atoms with Gasteiger partial charge in [-0.15, -0.1) is 0 Å². The molecule has 1 aromatic rings. The predicted octanol–water partition coefficient (Wildman–Crippen LogP) is 1.97. The van der Waals surface area contributed by atoms with Crippen LogP contribution in [0, 0.1) is 5.92 Å². The topological polar surface area (TPSA) is 50.9 Å². The molecule has 0 fully saturated rings. The highest BCUT2D eigenvalue weighted by Crippen LogP contribution is 2.23. The molecule has 1 unspecified atom stereocenters. The predicted molar refractivity (Wildman–Crippen MR) is 58.1 cm³/mol. The van der Waals surface area contributed by atoms with Gasteiger partial charge in [0.1, 0.15) is 17.6 Å². The van der Waals surface area contributed by atoms with Crippen LogP contribution in [0.5, 0.6) is 0 Å². The SMILES string of the molecule is CC[C@H](C)C[C@H](O)C(Br)n1cncn1. The average Bonchev–Trinajstić information content (AvgIpc) is 2.69. The van der Waals surface area contributed by atoms with Crippen molar-refractivity contribution in [2.24, 2.45) is 5.92 Å². The monoisotopic (exact) mass is 261 g/mol. The normalized spacial score (nSPS) is 17.7. The maximum absolute atomic E-state index is 9.86. The van der Waals surface area contributed by atoms with Gasteiger partial charge in [0.15, 0.2) is 0 Å². The Kier molecular flexibility index (Phi) is 4.54. The molecular formula is C9H16BrN3O. The third-order valence-corrected chi connectivity index (χ3v) is 3.38. The number of aliphatic hydroxyl groups excluding tert-OH is 1. The van der Waals surface area contributed by atoms with E-state index in [-0.39, 0.29) is 4.95 Å². The van der Waals surface area contributed by atoms with Crippen LogP contribution in [0.25, 0.3) is 0 Å². The first kappa shape index (κ1) is 11.7. The van der Waals surface area contributed by atoms with Crippen molar-refractivity contribution in [3.8, 4) is 0 Å². The Morgan fingerprint density at radius 2 is 2.29 bits per heavy atom. The summed E-state index contributed by atoms with van der Waals surface area (Å²) in [5.74, 6) is 0.522. The molecular weight excluding hydrogens is 246 g/mol. The summed E-state index contributed by atoms with van der Waals surface area (Å²) in [7, 11) is 0. The molecule has 0 radical (unpaired) electrons. The molecule has 0 aromatic carbocycles. The smallest absolute Gasteiger partial charge is 0.137 e. The second kappa shape index (κ2) is 5.46. The third kappa shape index (κ3) is 3.06. The summed E-state index contributed by atoms with van der Waals surface area (Å²) in [6, 6.07) is 0. The number of aliphatic hydroxyl groups is 1. The molecule has 1 aromatic heterocycles. The maximum atomic E-state index is 9.86. The average molecular weight is 262 g/mol. The Labute approximate surface area is 92.5 Å². The third-order valence-electron chi connectivity index (χ3n) is 2.35. The summed E-state index contributed by atoms with van der Waals surface area (Å²) < 4.78 is 1.62. The second-order valence-electron chi connectivity index (χ2n) is 3.56. The standard InChI is InChI=1S/C9H16BrN3O/c1-3-7(2)4-8(14)9(10)13-6-11-5-12-13/h5-9,14H,3-4H2,1-2H3/t7-,8-,9?/m0/s1. The Morgan fingerprint density at radius 1 is 1.57 bits per heavy atom. The highest BCUT2D eigenvalue weighted by Gasteiger charge is 2.19. The van der Waals surface area contributed by atoms with Crippen molar-refractivity contribution in [3.05, 3.63) is 12.7 Å². The van der Waals surface area contributed by atoms with Gasteiger partial charge in [-0.05, 0) is 12.3 Å². The van der Waals surface area contributed by atoms with Gasteiger partial charge in [0, 0.05) is 0 Å². The molecule has 0 aliphatic carbocycles. The van der Waals surface area contributed by atoms with E-state index in [1.807, 2.05) is 0 Å². The Morgan fingerprint density at radius 3 is 2.79 bits per heavy atom. The zero-order chi connectivity index (χ0) is 10.6. The minimum absolute atomic E-state index is 0.181. The molecule has 0 saturated heterocycles. The summed E-state index contributed by atoms with van der Waals surface area (Å²) in [6.07, 6.45) is 4.48. The van der Waals surface area contributed by atoms with E-state index >= 15 is 0 Å². The number of nitrogens with zero attached hydrogens (tertiary/aromatic N) is 3. The van der Waals surface area contributed by atoms with Crippen molar-refractivity contribution in [2.75, 3.05) is 0 Å². The second-order valence-corrected chi connectivity index (χ2v) is 4.50. The summed E-state index contributed by atoms with van der Waals surface area (Å²) in [4.78, 5) is 3.65. The lowest BCUT2D eigenvalue weighted by atomic mass is 10.0. The highest BCUT2D eigenvalue weighted by atomic mass is 79.9. The molecule has 0 aliphatic heterocycles. The lowest BCUT2D eigenvalue weighted by Crippen LogP contribution is -2.22. The van der Waals surface area contributed by atoms with Gasteiger partial charge in [-0.1, -0.05) is 36.2 Å². The van der Waals surface area contributed by atoms with E-state index in [9.17, 15) is 5.11 Å². The number of aromatic nitrogens is 3. The Balaban J connectivity index is 2.48. The van der Waals surface area contributed by atoms with Crippen molar-refractivity contribution in [3.63, 3.8) is 0 Å². The van der Waals surface area contributed by atoms with Gasteiger partial charge >= 0.3 is 0 Å². The largest absolute Gasteiger partial charge is 0.390 e. The summed E-state index contributed by atoms with van der Waals surface area (Å²) in [5, 5.41) is 13.8. The summed E-state index contributed by atoms with van der Waals surface area (Å²) in [5.41, 5.74) is 0. The van der Waals surface area contributed by atoms with Crippen molar-refractivity contribution >= 4 is 15.9 Å². The van der Waals surface area contributed by atoms with Crippen LogP contribution in [0.2, 0.25) is 0 Å². The highest BCUT2D eigenvalue weighted by molar-refractivity contribution is 9.09. The van der Waals surface area contributed by atoms with E-state index in [0.717, 1.165) is 12.8 Å². The van der Waals surface area contributed by atoms with Gasteiger partial charge in [-0.3, -0.25) is 0 Å². The zero-order valence-corrected chi connectivity index (χ0v) is 10.1. The molecule has 1 rings (SSSR count). The Hall–Kier alpha value is -0.420. The van der Waals surface area contributed by atoms with Gasteiger partial charge in [-0.25, -0.2) is 9.67 Å². The fraction of sp³-hybridized carbons (Fsp3) is 0.778. The first-order valence-corrected chi connectivity index (χ1v) is 5.73. The lowest BCUT2D eigenvalue weighted by Gasteiger charge is -2.19. The van der Waals surface area contributed by atoms with Gasteiger partial charge in [0.2, 0.25) is 0 Å². The molecule has 0 bridgehead atoms. The molecule has 14 heavy (non-hydrogen) atoms. The van der Waals surface area contributed by atoms with Crippen LogP contribution in [0.15, 0.2) is 12.7 Å². The fourth-order valence-electron chi connectivity index (χ4n) is 1.21. The Bertz CT molecular complexity index is 253. The molecule has 1 N–H and O–H groups in total. The van der Waals surface area contributed by atoms with E-state index in [4.69, 9.17) is 0 Å². The molecule has 0 spiro atoms. The molecule has 80 valence electrons. The molecule has 3 atom stereocenters. The first-order valence-electron chi connectivity index (χ1n) is 4.81. The van der Waals surface area contributed by atoms with E-state index in [2.05, 4.69) is 39.9 Å². The number of hydrogen-bond acceptors (Lipinski definition) is 3. The van der Waals surface area contributed by atoms with Crippen LogP contribution in [0.3, 0.4) is 0 Å². The van der Waals surface area contributed by atoms with Crippen molar-refractivity contribution in [2.45, 2.75) is 37.7 Å².